The molecule has 3 saturated carbocycles. The minimum atomic E-state index is -0.844. The Morgan fingerprint density at radius 1 is 0.840 bits per heavy atom. The molecule has 0 aromatic heterocycles. The minimum Gasteiger partial charge on any atom is -0.245 e. The van der Waals surface area contributed by atoms with Gasteiger partial charge in [0.15, 0.2) is 0 Å². The lowest BCUT2D eigenvalue weighted by molar-refractivity contribution is 0.160. The van der Waals surface area contributed by atoms with Crippen molar-refractivity contribution in [2.24, 2.45) is 34.6 Å². The Balaban J connectivity index is 1.40. The van der Waals surface area contributed by atoms with Crippen LogP contribution in [-0.4, -0.2) is 17.4 Å². The summed E-state index contributed by atoms with van der Waals surface area (Å²) in [6.07, 6.45) is 17.7. The van der Waals surface area contributed by atoms with Gasteiger partial charge in [-0.05, 0) is 99.6 Å². The summed E-state index contributed by atoms with van der Waals surface area (Å²) < 4.78 is 14.1. The molecule has 0 N–H and O–H groups in total. The molecule has 0 saturated heterocycles. The Bertz CT molecular complexity index is 482. The van der Waals surface area contributed by atoms with E-state index in [2.05, 4.69) is 41.4 Å². The van der Waals surface area contributed by atoms with Crippen LogP contribution in [0.1, 0.15) is 77.6 Å². The number of halogens is 1. The van der Waals surface area contributed by atoms with Crippen LogP contribution in [0, 0.1) is 29.6 Å². The first-order chi connectivity index (χ1) is 12.2. The summed E-state index contributed by atoms with van der Waals surface area (Å²) in [6, 6.07) is -0.240. The lowest BCUT2D eigenvalue weighted by Crippen LogP contribution is -2.28. The number of aliphatic imine (C=N–C) groups is 1. The Morgan fingerprint density at radius 2 is 1.40 bits per heavy atom. The first kappa shape index (κ1) is 19.2. The fourth-order valence-corrected chi connectivity index (χ4v) is 5.53. The normalized spacial score (nSPS) is 42.9. The van der Waals surface area contributed by atoms with Gasteiger partial charge in [-0.3, -0.25) is 0 Å². The van der Waals surface area contributed by atoms with Crippen molar-refractivity contribution >= 4 is 17.4 Å². The molecule has 0 spiro atoms. The molecule has 3 fully saturated rings. The molecule has 3 aliphatic carbocycles. The molecule has 3 rings (SSSR count). The van der Waals surface area contributed by atoms with Crippen molar-refractivity contribution in [1.29, 1.82) is 0 Å². The standard InChI is InChI=1S/C22H34FNS/c1-16-2-9-19(10-3-16)20-11-6-17(7-12-20)4-5-18-8-13-22(24-15-25)21(23)14-18/h4-5,16-22H,2-3,6-14H2,1H3. The molecule has 3 atom stereocenters. The number of nitrogens with zero attached hydrogens (tertiary/aromatic N) is 1. The van der Waals surface area contributed by atoms with Gasteiger partial charge in [0, 0.05) is 0 Å². The van der Waals surface area contributed by atoms with Gasteiger partial charge in [0.1, 0.15) is 6.17 Å². The maximum Gasteiger partial charge on any atom is 0.124 e. The van der Waals surface area contributed by atoms with E-state index in [0.717, 1.165) is 36.5 Å². The average molecular weight is 364 g/mol. The second kappa shape index (κ2) is 9.42. The van der Waals surface area contributed by atoms with Crippen molar-refractivity contribution in [2.75, 3.05) is 0 Å². The maximum absolute atomic E-state index is 14.1. The van der Waals surface area contributed by atoms with E-state index in [9.17, 15) is 4.39 Å². The van der Waals surface area contributed by atoms with Crippen LogP contribution < -0.4 is 0 Å². The smallest absolute Gasteiger partial charge is 0.124 e. The van der Waals surface area contributed by atoms with Crippen molar-refractivity contribution in [3.63, 3.8) is 0 Å². The van der Waals surface area contributed by atoms with Crippen LogP contribution in [0.3, 0.4) is 0 Å². The zero-order valence-corrected chi connectivity index (χ0v) is 16.5. The highest BCUT2D eigenvalue weighted by atomic mass is 32.1. The molecule has 3 heteroatoms. The Morgan fingerprint density at radius 3 is 2.00 bits per heavy atom. The first-order valence-corrected chi connectivity index (χ1v) is 11.0. The van der Waals surface area contributed by atoms with Crippen molar-refractivity contribution in [3.05, 3.63) is 12.2 Å². The molecule has 140 valence electrons. The van der Waals surface area contributed by atoms with Gasteiger partial charge in [0.05, 0.1) is 11.2 Å². The number of rotatable bonds is 4. The summed E-state index contributed by atoms with van der Waals surface area (Å²) in [5.74, 6) is 4.07. The molecule has 0 amide bonds. The third kappa shape index (κ3) is 5.47. The fourth-order valence-electron chi connectivity index (χ4n) is 5.40. The van der Waals surface area contributed by atoms with Gasteiger partial charge < -0.3 is 0 Å². The van der Waals surface area contributed by atoms with Crippen LogP contribution >= 0.6 is 12.2 Å². The Kier molecular flexibility index (Phi) is 7.25. The molecule has 0 heterocycles. The number of thiocarbonyl (C=S) groups is 1. The van der Waals surface area contributed by atoms with Crippen molar-refractivity contribution < 1.29 is 4.39 Å². The number of isothiocyanates is 1. The van der Waals surface area contributed by atoms with Crippen LogP contribution in [0.5, 0.6) is 0 Å². The topological polar surface area (TPSA) is 12.4 Å². The maximum atomic E-state index is 14.1. The van der Waals surface area contributed by atoms with E-state index in [4.69, 9.17) is 0 Å². The van der Waals surface area contributed by atoms with Crippen LogP contribution in [0.2, 0.25) is 0 Å². The lowest BCUT2D eigenvalue weighted by atomic mass is 9.69. The molecule has 0 aromatic rings. The number of alkyl halides is 1. The molecule has 1 nitrogen and oxygen atoms in total. The van der Waals surface area contributed by atoms with Crippen LogP contribution in [0.15, 0.2) is 17.1 Å². The third-order valence-corrected chi connectivity index (χ3v) is 7.30. The van der Waals surface area contributed by atoms with E-state index in [1.165, 1.54) is 51.4 Å². The summed E-state index contributed by atoms with van der Waals surface area (Å²) in [5.41, 5.74) is 0. The molecule has 25 heavy (non-hydrogen) atoms. The predicted molar refractivity (Wildman–Crippen MR) is 107 cm³/mol. The summed E-state index contributed by atoms with van der Waals surface area (Å²) in [4.78, 5) is 3.97. The molecule has 0 radical (unpaired) electrons. The molecule has 3 unspecified atom stereocenters. The fraction of sp³-hybridized carbons (Fsp3) is 0.864. The summed E-state index contributed by atoms with van der Waals surface area (Å²) >= 11 is 4.62. The molecular weight excluding hydrogens is 329 g/mol. The highest BCUT2D eigenvalue weighted by molar-refractivity contribution is 7.78. The van der Waals surface area contributed by atoms with Gasteiger partial charge in [0.25, 0.3) is 0 Å². The van der Waals surface area contributed by atoms with Crippen LogP contribution in [0.4, 0.5) is 4.39 Å². The van der Waals surface area contributed by atoms with E-state index < -0.39 is 6.17 Å². The predicted octanol–water partition coefficient (Wildman–Crippen LogP) is 6.78. The van der Waals surface area contributed by atoms with E-state index in [0.29, 0.717) is 12.3 Å². The zero-order valence-electron chi connectivity index (χ0n) is 15.7. The van der Waals surface area contributed by atoms with Gasteiger partial charge in [-0.15, -0.1) is 0 Å². The SMILES string of the molecule is CC1CCC(C2CCC(C=CC3CCC(N=C=S)C(F)C3)CC2)CC1. The molecular formula is C22H34FNS. The highest BCUT2D eigenvalue weighted by Gasteiger charge is 2.31. The van der Waals surface area contributed by atoms with Crippen molar-refractivity contribution in [3.8, 4) is 0 Å². The monoisotopic (exact) mass is 363 g/mol. The number of hydrogen-bond donors (Lipinski definition) is 0. The molecule has 0 aromatic carbocycles. The van der Waals surface area contributed by atoms with E-state index in [1.54, 1.807) is 0 Å². The Hall–Kier alpha value is -0.530. The van der Waals surface area contributed by atoms with Gasteiger partial charge in [0.2, 0.25) is 0 Å². The van der Waals surface area contributed by atoms with Crippen LogP contribution in [-0.2, 0) is 0 Å². The Labute approximate surface area is 158 Å². The van der Waals surface area contributed by atoms with Crippen molar-refractivity contribution in [1.82, 2.24) is 0 Å². The third-order valence-electron chi connectivity index (χ3n) is 7.20. The van der Waals surface area contributed by atoms with E-state index >= 15 is 0 Å². The minimum absolute atomic E-state index is 0.240. The van der Waals surface area contributed by atoms with Gasteiger partial charge in [-0.1, -0.05) is 31.9 Å². The van der Waals surface area contributed by atoms with Crippen molar-refractivity contribution in [2.45, 2.75) is 89.8 Å². The number of allylic oxidation sites excluding steroid dienone is 2. The average Bonchev–Trinajstić information content (AvgIpc) is 2.63. The quantitative estimate of drug-likeness (QED) is 0.304. The van der Waals surface area contributed by atoms with Gasteiger partial charge >= 0.3 is 0 Å². The summed E-state index contributed by atoms with van der Waals surface area (Å²) in [6.45, 7) is 2.41. The first-order valence-electron chi connectivity index (χ1n) is 10.5. The van der Waals surface area contributed by atoms with Gasteiger partial charge in [-0.2, -0.15) is 0 Å². The highest BCUT2D eigenvalue weighted by Crippen LogP contribution is 2.41. The zero-order chi connectivity index (χ0) is 17.6. The van der Waals surface area contributed by atoms with Gasteiger partial charge in [-0.25, -0.2) is 9.38 Å². The summed E-state index contributed by atoms with van der Waals surface area (Å²) in [5, 5.41) is 2.35. The summed E-state index contributed by atoms with van der Waals surface area (Å²) in [7, 11) is 0. The lowest BCUT2D eigenvalue weighted by Gasteiger charge is -2.36. The largest absolute Gasteiger partial charge is 0.245 e. The number of hydrogen-bond acceptors (Lipinski definition) is 2. The van der Waals surface area contributed by atoms with E-state index in [-0.39, 0.29) is 6.04 Å². The van der Waals surface area contributed by atoms with E-state index in [1.807, 2.05) is 0 Å². The van der Waals surface area contributed by atoms with Crippen LogP contribution in [0.25, 0.3) is 0 Å². The second-order valence-electron chi connectivity index (χ2n) is 8.96. The molecule has 0 bridgehead atoms. The second-order valence-corrected chi connectivity index (χ2v) is 9.14. The molecule has 3 aliphatic rings. The molecule has 0 aliphatic heterocycles.